The van der Waals surface area contributed by atoms with Gasteiger partial charge in [0.25, 0.3) is 0 Å². The first-order valence-corrected chi connectivity index (χ1v) is 8.29. The Balaban J connectivity index is 2.02. The third-order valence-corrected chi connectivity index (χ3v) is 4.49. The Morgan fingerprint density at radius 1 is 1.24 bits per heavy atom. The summed E-state index contributed by atoms with van der Waals surface area (Å²) in [6.07, 6.45) is 1.59. The molecule has 0 saturated heterocycles. The molecule has 0 aliphatic heterocycles. The number of nitrogens with zero attached hydrogens (tertiary/aromatic N) is 2. The summed E-state index contributed by atoms with van der Waals surface area (Å²) in [6, 6.07) is 10.1. The summed E-state index contributed by atoms with van der Waals surface area (Å²) >= 11 is 3.25. The van der Waals surface area contributed by atoms with Crippen molar-refractivity contribution in [2.45, 2.75) is 0 Å². The maximum absolute atomic E-state index is 14.6. The number of nitrogens with one attached hydrogen (secondary N) is 3. The lowest BCUT2D eigenvalue weighted by Gasteiger charge is -2.11. The lowest BCUT2D eigenvalue weighted by molar-refractivity contribution is 0.629. The molecule has 0 fully saturated rings. The molecule has 0 bridgehead atoms. The van der Waals surface area contributed by atoms with Crippen LogP contribution in [0.2, 0.25) is 0 Å². The maximum atomic E-state index is 14.6. The number of rotatable bonds is 3. The van der Waals surface area contributed by atoms with Gasteiger partial charge in [0.1, 0.15) is 17.3 Å². The van der Waals surface area contributed by atoms with Gasteiger partial charge in [0.05, 0.1) is 23.0 Å². The van der Waals surface area contributed by atoms with E-state index in [9.17, 15) is 9.18 Å². The number of fused-ring (bicyclic) bond motifs is 1. The average molecular weight is 402 g/mol. The Hall–Kier alpha value is -2.87. The molecular weight excluding hydrogens is 389 g/mol. The molecule has 6 nitrogen and oxygen atoms in total. The molecule has 0 amide bonds. The number of hydrogen-bond donors (Lipinski definition) is 3. The smallest absolute Gasteiger partial charge is 0.332 e. The molecule has 126 valence electrons. The average Bonchev–Trinajstić information content (AvgIpc) is 3.18. The van der Waals surface area contributed by atoms with Crippen molar-refractivity contribution in [2.24, 2.45) is 0 Å². The van der Waals surface area contributed by atoms with Crippen molar-refractivity contribution in [3.63, 3.8) is 0 Å². The molecule has 0 aliphatic rings. The number of hydrogen-bond acceptors (Lipinski definition) is 3. The molecule has 0 radical (unpaired) electrons. The summed E-state index contributed by atoms with van der Waals surface area (Å²) in [6.45, 7) is 0. The van der Waals surface area contributed by atoms with E-state index in [2.05, 4.69) is 36.2 Å². The van der Waals surface area contributed by atoms with Crippen molar-refractivity contribution in [2.75, 3.05) is 12.4 Å². The molecule has 0 spiro atoms. The van der Waals surface area contributed by atoms with Crippen LogP contribution in [0, 0.1) is 5.82 Å². The summed E-state index contributed by atoms with van der Waals surface area (Å²) in [4.78, 5) is 22.5. The Bertz CT molecular complexity index is 1140. The number of anilines is 1. The van der Waals surface area contributed by atoms with Crippen molar-refractivity contribution < 1.29 is 4.39 Å². The van der Waals surface area contributed by atoms with Gasteiger partial charge in [-0.25, -0.2) is 14.2 Å². The second-order valence-electron chi connectivity index (χ2n) is 5.47. The molecule has 3 N–H and O–H groups in total. The summed E-state index contributed by atoms with van der Waals surface area (Å²) in [5.41, 5.74) is 2.57. The fourth-order valence-corrected chi connectivity index (χ4v) is 3.20. The van der Waals surface area contributed by atoms with Gasteiger partial charge in [-0.15, -0.1) is 0 Å². The minimum absolute atomic E-state index is 0.315. The van der Waals surface area contributed by atoms with Crippen LogP contribution in [0.1, 0.15) is 0 Å². The first kappa shape index (κ1) is 15.6. The SMILES string of the molecule is CNc1[nH]c(=O)n(-c2ccc3nc[nH]c3c2)c1-c1ccc(Br)cc1F. The van der Waals surface area contributed by atoms with Crippen LogP contribution in [0.5, 0.6) is 0 Å². The summed E-state index contributed by atoms with van der Waals surface area (Å²) in [7, 11) is 1.67. The molecule has 25 heavy (non-hydrogen) atoms. The molecule has 8 heteroatoms. The highest BCUT2D eigenvalue weighted by Gasteiger charge is 2.20. The molecule has 0 saturated carbocycles. The molecule has 2 aromatic heterocycles. The Labute approximate surface area is 149 Å². The third kappa shape index (κ3) is 2.54. The minimum Gasteiger partial charge on any atom is -0.373 e. The van der Waals surface area contributed by atoms with E-state index in [1.807, 2.05) is 0 Å². The zero-order valence-corrected chi connectivity index (χ0v) is 14.7. The lowest BCUT2D eigenvalue weighted by Crippen LogP contribution is -2.15. The largest absolute Gasteiger partial charge is 0.373 e. The van der Waals surface area contributed by atoms with Crippen molar-refractivity contribution in [3.8, 4) is 16.9 Å². The summed E-state index contributed by atoms with van der Waals surface area (Å²) in [5.74, 6) is 0.0113. The van der Waals surface area contributed by atoms with Crippen LogP contribution in [0.4, 0.5) is 10.2 Å². The van der Waals surface area contributed by atoms with E-state index in [-0.39, 0.29) is 5.69 Å². The van der Waals surface area contributed by atoms with Gasteiger partial charge < -0.3 is 10.3 Å². The highest BCUT2D eigenvalue weighted by molar-refractivity contribution is 9.10. The van der Waals surface area contributed by atoms with E-state index in [1.54, 1.807) is 43.7 Å². The topological polar surface area (TPSA) is 78.5 Å². The molecule has 0 aliphatic carbocycles. The van der Waals surface area contributed by atoms with Gasteiger partial charge in [0, 0.05) is 17.1 Å². The quantitative estimate of drug-likeness (QED) is 0.490. The van der Waals surface area contributed by atoms with Crippen LogP contribution in [0.25, 0.3) is 28.0 Å². The number of aromatic amines is 2. The van der Waals surface area contributed by atoms with Gasteiger partial charge in [-0.1, -0.05) is 15.9 Å². The van der Waals surface area contributed by atoms with Crippen LogP contribution in [0.15, 0.2) is 52.0 Å². The fourth-order valence-electron chi connectivity index (χ4n) is 2.86. The number of benzene rings is 2. The molecule has 4 rings (SSSR count). The van der Waals surface area contributed by atoms with Crippen molar-refractivity contribution >= 4 is 32.8 Å². The van der Waals surface area contributed by atoms with E-state index < -0.39 is 5.82 Å². The van der Waals surface area contributed by atoms with Gasteiger partial charge in [-0.3, -0.25) is 9.55 Å². The van der Waals surface area contributed by atoms with E-state index in [4.69, 9.17) is 0 Å². The number of imidazole rings is 2. The van der Waals surface area contributed by atoms with E-state index in [1.165, 1.54) is 10.6 Å². The normalized spacial score (nSPS) is 11.2. The second kappa shape index (κ2) is 5.89. The fraction of sp³-hybridized carbons (Fsp3) is 0.0588. The van der Waals surface area contributed by atoms with Crippen LogP contribution in [-0.2, 0) is 0 Å². The van der Waals surface area contributed by atoms with Crippen LogP contribution >= 0.6 is 15.9 Å². The van der Waals surface area contributed by atoms with E-state index in [0.717, 1.165) is 11.0 Å². The number of aromatic nitrogens is 4. The van der Waals surface area contributed by atoms with Gasteiger partial charge >= 0.3 is 5.69 Å². The Morgan fingerprint density at radius 2 is 2.08 bits per heavy atom. The monoisotopic (exact) mass is 401 g/mol. The number of H-pyrrole nitrogens is 2. The maximum Gasteiger partial charge on any atom is 0.332 e. The molecular formula is C17H13BrFN5O. The van der Waals surface area contributed by atoms with Crippen molar-refractivity contribution in [1.29, 1.82) is 0 Å². The summed E-state index contributed by atoms with van der Waals surface area (Å²) in [5, 5.41) is 2.92. The van der Waals surface area contributed by atoms with Crippen LogP contribution < -0.4 is 11.0 Å². The number of halogens is 2. The molecule has 2 aromatic carbocycles. The predicted octanol–water partition coefficient (Wildman–Crippen LogP) is 3.65. The van der Waals surface area contributed by atoms with Gasteiger partial charge in [-0.2, -0.15) is 0 Å². The highest BCUT2D eigenvalue weighted by Crippen LogP contribution is 2.31. The van der Waals surface area contributed by atoms with E-state index in [0.29, 0.717) is 27.2 Å². The van der Waals surface area contributed by atoms with Crippen molar-refractivity contribution in [3.05, 3.63) is 63.5 Å². The van der Waals surface area contributed by atoms with Gasteiger partial charge in [0.2, 0.25) is 0 Å². The predicted molar refractivity (Wildman–Crippen MR) is 98.7 cm³/mol. The lowest BCUT2D eigenvalue weighted by atomic mass is 10.1. The Kier molecular flexibility index (Phi) is 3.69. The van der Waals surface area contributed by atoms with Gasteiger partial charge in [0.15, 0.2) is 0 Å². The van der Waals surface area contributed by atoms with Crippen molar-refractivity contribution in [1.82, 2.24) is 19.5 Å². The van der Waals surface area contributed by atoms with E-state index >= 15 is 0 Å². The molecule has 2 heterocycles. The minimum atomic E-state index is -0.429. The standard InChI is InChI=1S/C17H13BrFN5O/c1-20-16-15(11-4-2-9(18)6-12(11)19)24(17(25)23-16)10-3-5-13-14(7-10)22-8-21-13/h2-8,20H,1H3,(H,21,22)(H,23,25). The second-order valence-corrected chi connectivity index (χ2v) is 6.38. The first-order valence-electron chi connectivity index (χ1n) is 7.50. The first-order chi connectivity index (χ1) is 12.1. The summed E-state index contributed by atoms with van der Waals surface area (Å²) < 4.78 is 16.6. The zero-order chi connectivity index (χ0) is 17.6. The zero-order valence-electron chi connectivity index (χ0n) is 13.1. The molecule has 0 atom stereocenters. The molecule has 0 unspecified atom stereocenters. The van der Waals surface area contributed by atoms with Crippen LogP contribution in [0.3, 0.4) is 0 Å². The Morgan fingerprint density at radius 3 is 2.84 bits per heavy atom. The van der Waals surface area contributed by atoms with Gasteiger partial charge in [-0.05, 0) is 36.4 Å². The third-order valence-electron chi connectivity index (χ3n) is 3.99. The highest BCUT2D eigenvalue weighted by atomic mass is 79.9. The van der Waals surface area contributed by atoms with Crippen LogP contribution in [-0.4, -0.2) is 26.6 Å². The molecule has 4 aromatic rings.